The Morgan fingerprint density at radius 2 is 1.90 bits per heavy atom. The summed E-state index contributed by atoms with van der Waals surface area (Å²) in [5.41, 5.74) is -0.215. The Balaban J connectivity index is 2.23. The zero-order chi connectivity index (χ0) is 15.0. The van der Waals surface area contributed by atoms with Crippen LogP contribution in [0.5, 0.6) is 0 Å². The van der Waals surface area contributed by atoms with Crippen LogP contribution in [0.1, 0.15) is 25.3 Å². The lowest BCUT2D eigenvalue weighted by molar-refractivity contribution is -0.140. The van der Waals surface area contributed by atoms with Crippen LogP contribution in [-0.4, -0.2) is 37.2 Å². The third-order valence-electron chi connectivity index (χ3n) is 3.51. The van der Waals surface area contributed by atoms with Gasteiger partial charge in [-0.2, -0.15) is 0 Å². The van der Waals surface area contributed by atoms with Gasteiger partial charge in [-0.05, 0) is 37.5 Å². The molecule has 0 radical (unpaired) electrons. The van der Waals surface area contributed by atoms with E-state index in [1.54, 1.807) is 19.1 Å². The molecule has 1 aliphatic rings. The first-order valence-electron chi connectivity index (χ1n) is 6.29. The van der Waals surface area contributed by atoms with E-state index in [0.717, 1.165) is 0 Å². The Morgan fingerprint density at radius 3 is 2.30 bits per heavy atom. The van der Waals surface area contributed by atoms with E-state index >= 15 is 0 Å². The predicted molar refractivity (Wildman–Crippen MR) is 71.9 cm³/mol. The highest BCUT2D eigenvalue weighted by molar-refractivity contribution is 7.89. The van der Waals surface area contributed by atoms with Gasteiger partial charge in [-0.1, -0.05) is 12.1 Å². The highest BCUT2D eigenvalue weighted by Crippen LogP contribution is 2.48. The highest BCUT2D eigenvalue weighted by atomic mass is 32.2. The van der Waals surface area contributed by atoms with Gasteiger partial charge in [0.15, 0.2) is 0 Å². The van der Waals surface area contributed by atoms with Crippen molar-refractivity contribution in [1.29, 1.82) is 0 Å². The molecule has 0 heterocycles. The topological polar surface area (TPSA) is 104 Å². The Labute approximate surface area is 117 Å². The van der Waals surface area contributed by atoms with Gasteiger partial charge >= 0.3 is 5.97 Å². The second-order valence-corrected chi connectivity index (χ2v) is 6.83. The van der Waals surface area contributed by atoms with E-state index in [4.69, 9.17) is 5.11 Å². The smallest absolute Gasteiger partial charge is 0.314 e. The quantitative estimate of drug-likeness (QED) is 0.708. The Bertz CT molecular complexity index is 604. The standard InChI is InChI=1S/C13H17NO5S/c1-9(8-15)14-20(18,19)11-4-2-10(3-5-11)13(6-7-13)12(16)17/h2-5,9,14-15H,6-8H2,1H3,(H,16,17). The molecule has 6 nitrogen and oxygen atoms in total. The van der Waals surface area contributed by atoms with Crippen LogP contribution in [0.25, 0.3) is 0 Å². The number of hydrogen-bond acceptors (Lipinski definition) is 4. The van der Waals surface area contributed by atoms with Crippen molar-refractivity contribution < 1.29 is 23.4 Å². The largest absolute Gasteiger partial charge is 0.481 e. The summed E-state index contributed by atoms with van der Waals surface area (Å²) < 4.78 is 26.3. The van der Waals surface area contributed by atoms with Gasteiger partial charge in [0.2, 0.25) is 10.0 Å². The van der Waals surface area contributed by atoms with Gasteiger partial charge in [0.05, 0.1) is 16.9 Å². The van der Waals surface area contributed by atoms with E-state index in [2.05, 4.69) is 4.72 Å². The van der Waals surface area contributed by atoms with Gasteiger partial charge in [0, 0.05) is 6.04 Å². The van der Waals surface area contributed by atoms with E-state index in [-0.39, 0.29) is 11.5 Å². The molecule has 0 saturated heterocycles. The highest BCUT2D eigenvalue weighted by Gasteiger charge is 2.51. The van der Waals surface area contributed by atoms with E-state index in [9.17, 15) is 18.3 Å². The maximum atomic E-state index is 12.0. The molecule has 110 valence electrons. The number of benzene rings is 1. The Kier molecular flexibility index (Phi) is 3.86. The lowest BCUT2D eigenvalue weighted by Gasteiger charge is -2.13. The molecule has 1 saturated carbocycles. The van der Waals surface area contributed by atoms with Crippen LogP contribution in [0.4, 0.5) is 0 Å². The Morgan fingerprint density at radius 1 is 1.35 bits per heavy atom. The predicted octanol–water partition coefficient (Wildman–Crippen LogP) is 0.462. The third-order valence-corrected chi connectivity index (χ3v) is 5.11. The maximum absolute atomic E-state index is 12.0. The van der Waals surface area contributed by atoms with Gasteiger partial charge in [-0.3, -0.25) is 4.79 Å². The van der Waals surface area contributed by atoms with Crippen molar-refractivity contribution in [2.75, 3.05) is 6.61 Å². The summed E-state index contributed by atoms with van der Waals surface area (Å²) in [6.45, 7) is 1.26. The van der Waals surface area contributed by atoms with Gasteiger partial charge < -0.3 is 10.2 Å². The van der Waals surface area contributed by atoms with Crippen LogP contribution in [-0.2, 0) is 20.2 Å². The molecule has 0 bridgehead atoms. The fourth-order valence-electron chi connectivity index (χ4n) is 2.07. The van der Waals surface area contributed by atoms with Crippen LogP contribution < -0.4 is 4.72 Å². The summed E-state index contributed by atoms with van der Waals surface area (Å²) in [4.78, 5) is 11.2. The first-order chi connectivity index (χ1) is 9.32. The zero-order valence-corrected chi connectivity index (χ0v) is 11.9. The summed E-state index contributed by atoms with van der Waals surface area (Å²) in [7, 11) is -3.69. The molecular formula is C13H17NO5S. The molecule has 0 spiro atoms. The van der Waals surface area contributed by atoms with Crippen LogP contribution in [0.2, 0.25) is 0 Å². The van der Waals surface area contributed by atoms with Gasteiger partial charge in [0.1, 0.15) is 0 Å². The molecule has 0 aromatic heterocycles. The number of rotatable bonds is 6. The minimum Gasteiger partial charge on any atom is -0.481 e. The zero-order valence-electron chi connectivity index (χ0n) is 11.0. The van der Waals surface area contributed by atoms with Gasteiger partial charge in [-0.15, -0.1) is 0 Å². The molecule has 1 unspecified atom stereocenters. The van der Waals surface area contributed by atoms with Crippen molar-refractivity contribution in [2.24, 2.45) is 0 Å². The summed E-state index contributed by atoms with van der Waals surface area (Å²) in [5.74, 6) is -0.875. The molecule has 20 heavy (non-hydrogen) atoms. The lowest BCUT2D eigenvalue weighted by atomic mass is 9.96. The molecule has 2 rings (SSSR count). The Hall–Kier alpha value is -1.44. The van der Waals surface area contributed by atoms with Gasteiger partial charge in [0.25, 0.3) is 0 Å². The molecule has 0 aliphatic heterocycles. The molecule has 7 heteroatoms. The molecular weight excluding hydrogens is 282 g/mol. The number of aliphatic carboxylic acids is 1. The lowest BCUT2D eigenvalue weighted by Crippen LogP contribution is -2.35. The van der Waals surface area contributed by atoms with Crippen LogP contribution in [0.15, 0.2) is 29.2 Å². The second-order valence-electron chi connectivity index (χ2n) is 5.12. The van der Waals surface area contributed by atoms with Gasteiger partial charge in [-0.25, -0.2) is 13.1 Å². The minimum atomic E-state index is -3.69. The minimum absolute atomic E-state index is 0.0581. The van der Waals surface area contributed by atoms with Crippen molar-refractivity contribution in [2.45, 2.75) is 36.1 Å². The molecule has 1 aromatic rings. The van der Waals surface area contributed by atoms with Crippen molar-refractivity contribution in [1.82, 2.24) is 4.72 Å². The van der Waals surface area contributed by atoms with Crippen molar-refractivity contribution in [3.05, 3.63) is 29.8 Å². The van der Waals surface area contributed by atoms with E-state index < -0.39 is 27.4 Å². The SMILES string of the molecule is CC(CO)NS(=O)(=O)c1ccc(C2(C(=O)O)CC2)cc1. The fourth-order valence-corrected chi connectivity index (χ4v) is 3.31. The molecule has 3 N–H and O–H groups in total. The molecule has 0 amide bonds. The van der Waals surface area contributed by atoms with Crippen molar-refractivity contribution >= 4 is 16.0 Å². The monoisotopic (exact) mass is 299 g/mol. The number of carbonyl (C=O) groups is 1. The summed E-state index contributed by atoms with van der Waals surface area (Å²) in [5, 5.41) is 18.1. The van der Waals surface area contributed by atoms with Crippen molar-refractivity contribution in [3.8, 4) is 0 Å². The average Bonchev–Trinajstić information content (AvgIpc) is 3.20. The second kappa shape index (κ2) is 5.16. The summed E-state index contributed by atoms with van der Waals surface area (Å²) >= 11 is 0. The fraction of sp³-hybridized carbons (Fsp3) is 0.462. The number of hydrogen-bond donors (Lipinski definition) is 3. The van der Waals surface area contributed by atoms with Crippen molar-refractivity contribution in [3.63, 3.8) is 0 Å². The average molecular weight is 299 g/mol. The van der Waals surface area contributed by atoms with E-state index in [1.807, 2.05) is 0 Å². The maximum Gasteiger partial charge on any atom is 0.314 e. The number of carboxylic acid groups (broad SMARTS) is 1. The third kappa shape index (κ3) is 2.70. The number of sulfonamides is 1. The van der Waals surface area contributed by atoms with Crippen LogP contribution >= 0.6 is 0 Å². The molecule has 1 fully saturated rings. The van der Waals surface area contributed by atoms with E-state index in [1.165, 1.54) is 12.1 Å². The number of aliphatic hydroxyl groups excluding tert-OH is 1. The number of nitrogens with one attached hydrogen (secondary N) is 1. The summed E-state index contributed by atoms with van der Waals surface area (Å²) in [6.07, 6.45) is 1.16. The van der Waals surface area contributed by atoms with Crippen LogP contribution in [0, 0.1) is 0 Å². The number of carboxylic acids is 1. The normalized spacial score (nSPS) is 18.5. The van der Waals surface area contributed by atoms with Crippen LogP contribution in [0.3, 0.4) is 0 Å². The first kappa shape index (κ1) is 15.0. The molecule has 1 aromatic carbocycles. The molecule has 1 atom stereocenters. The summed E-state index contributed by atoms with van der Waals surface area (Å²) in [6, 6.07) is 5.29. The molecule has 1 aliphatic carbocycles. The first-order valence-corrected chi connectivity index (χ1v) is 7.77. The number of aliphatic hydroxyl groups is 1. The van der Waals surface area contributed by atoms with E-state index in [0.29, 0.717) is 18.4 Å².